The molecule has 9 heteroatoms. The van der Waals surface area contributed by atoms with Crippen LogP contribution in [-0.2, 0) is 35.0 Å². The van der Waals surface area contributed by atoms with Gasteiger partial charge in [-0.15, -0.1) is 0 Å². The summed E-state index contributed by atoms with van der Waals surface area (Å²) in [6.45, 7) is 8.51. The Hall–Kier alpha value is -1.14. The average Bonchev–Trinajstić information content (AvgIpc) is 2.82. The normalized spacial score (nSPS) is 11.5. The summed E-state index contributed by atoms with van der Waals surface area (Å²) in [5, 5.41) is 17.3. The molecule has 0 amide bonds. The van der Waals surface area contributed by atoms with E-state index in [9.17, 15) is 0 Å². The second-order valence-corrected chi connectivity index (χ2v) is 6.88. The summed E-state index contributed by atoms with van der Waals surface area (Å²) in [4.78, 5) is 2.31. The molecule has 0 unspecified atom stereocenters. The van der Waals surface area contributed by atoms with Crippen molar-refractivity contribution in [3.8, 4) is 0 Å². The van der Waals surface area contributed by atoms with Gasteiger partial charge in [0.1, 0.15) is 0 Å². The Morgan fingerprint density at radius 2 is 0.875 bits per heavy atom. The molecule has 0 heterocycles. The van der Waals surface area contributed by atoms with Crippen LogP contribution in [0.3, 0.4) is 0 Å². The molecule has 9 nitrogen and oxygen atoms in total. The predicted molar refractivity (Wildman–Crippen MR) is 121 cm³/mol. The van der Waals surface area contributed by atoms with Gasteiger partial charge in [-0.05, 0) is 5.56 Å². The topological polar surface area (TPSA) is 99.1 Å². The van der Waals surface area contributed by atoms with Gasteiger partial charge in [-0.3, -0.25) is 4.90 Å². The van der Waals surface area contributed by atoms with Crippen molar-refractivity contribution >= 4 is 0 Å². The van der Waals surface area contributed by atoms with Crippen LogP contribution in [0.15, 0.2) is 30.3 Å². The van der Waals surface area contributed by atoms with E-state index in [0.29, 0.717) is 79.3 Å². The van der Waals surface area contributed by atoms with Crippen molar-refractivity contribution < 1.29 is 38.6 Å². The summed E-state index contributed by atoms with van der Waals surface area (Å²) in [7, 11) is 0. The quantitative estimate of drug-likeness (QED) is 0.215. The van der Waals surface area contributed by atoms with Gasteiger partial charge in [-0.2, -0.15) is 0 Å². The van der Waals surface area contributed by atoms with Crippen LogP contribution in [0.4, 0.5) is 0 Å². The molecule has 0 atom stereocenters. The maximum Gasteiger partial charge on any atom is 0.0701 e. The zero-order valence-electron chi connectivity index (χ0n) is 19.2. The third kappa shape index (κ3) is 18.4. The van der Waals surface area contributed by atoms with E-state index < -0.39 is 0 Å². The first-order chi connectivity index (χ1) is 15.9. The lowest BCUT2D eigenvalue weighted by atomic mass is 10.2. The van der Waals surface area contributed by atoms with Crippen molar-refractivity contribution in [1.82, 2.24) is 4.90 Å². The van der Waals surface area contributed by atoms with Crippen molar-refractivity contribution in [2.24, 2.45) is 0 Å². The Kier molecular flexibility index (Phi) is 20.8. The van der Waals surface area contributed by atoms with E-state index in [-0.39, 0.29) is 13.2 Å². The van der Waals surface area contributed by atoms with Crippen LogP contribution in [0.2, 0.25) is 0 Å². The molecular formula is C23H41NO8. The number of nitrogens with zero attached hydrogens (tertiary/aromatic N) is 1. The molecular weight excluding hydrogens is 418 g/mol. The molecule has 32 heavy (non-hydrogen) atoms. The van der Waals surface area contributed by atoms with Crippen LogP contribution in [0.1, 0.15) is 5.56 Å². The van der Waals surface area contributed by atoms with Crippen LogP contribution in [0, 0.1) is 0 Å². The van der Waals surface area contributed by atoms with E-state index in [4.69, 9.17) is 38.6 Å². The molecule has 0 saturated carbocycles. The second-order valence-electron chi connectivity index (χ2n) is 6.88. The highest BCUT2D eigenvalue weighted by molar-refractivity contribution is 5.14. The number of rotatable bonds is 24. The maximum atomic E-state index is 8.63. The Balaban J connectivity index is 2.11. The standard InChI is InChI=1S/C23H41NO8/c25-8-12-29-16-20-31-18-14-27-10-6-24(22-23-4-2-1-3-5-23)7-11-28-15-19-32-21-17-30-13-9-26/h1-5,25-26H,6-22H2. The summed E-state index contributed by atoms with van der Waals surface area (Å²) in [5.41, 5.74) is 1.25. The van der Waals surface area contributed by atoms with Crippen molar-refractivity contribution in [3.05, 3.63) is 35.9 Å². The minimum atomic E-state index is 0.0307. The monoisotopic (exact) mass is 459 g/mol. The fraction of sp³-hybridized carbons (Fsp3) is 0.739. The van der Waals surface area contributed by atoms with E-state index in [2.05, 4.69) is 17.0 Å². The molecule has 0 saturated heterocycles. The van der Waals surface area contributed by atoms with Gasteiger partial charge in [0.05, 0.1) is 92.5 Å². The van der Waals surface area contributed by atoms with Gasteiger partial charge in [0.25, 0.3) is 0 Å². The lowest BCUT2D eigenvalue weighted by Gasteiger charge is -2.22. The lowest BCUT2D eigenvalue weighted by Crippen LogP contribution is -2.31. The van der Waals surface area contributed by atoms with Gasteiger partial charge in [0.2, 0.25) is 0 Å². The molecule has 0 radical (unpaired) electrons. The number of hydrogen-bond donors (Lipinski definition) is 2. The van der Waals surface area contributed by atoms with Gasteiger partial charge in [0.15, 0.2) is 0 Å². The molecule has 1 aromatic carbocycles. The summed E-state index contributed by atoms with van der Waals surface area (Å²) in [6, 6.07) is 10.3. The van der Waals surface area contributed by atoms with Crippen LogP contribution < -0.4 is 0 Å². The Labute approximate surface area is 192 Å². The highest BCUT2D eigenvalue weighted by atomic mass is 16.6. The molecule has 0 aliphatic carbocycles. The van der Waals surface area contributed by atoms with Gasteiger partial charge >= 0.3 is 0 Å². The molecule has 186 valence electrons. The number of ether oxygens (including phenoxy) is 6. The molecule has 0 bridgehead atoms. The molecule has 2 N–H and O–H groups in total. The van der Waals surface area contributed by atoms with Crippen molar-refractivity contribution in [2.45, 2.75) is 6.54 Å². The first-order valence-corrected chi connectivity index (χ1v) is 11.3. The average molecular weight is 460 g/mol. The Morgan fingerprint density at radius 1 is 0.500 bits per heavy atom. The summed E-state index contributed by atoms with van der Waals surface area (Å²) >= 11 is 0. The largest absolute Gasteiger partial charge is 0.394 e. The van der Waals surface area contributed by atoms with Crippen molar-refractivity contribution in [2.75, 3.05) is 106 Å². The second kappa shape index (κ2) is 23.0. The molecule has 0 spiro atoms. The summed E-state index contributed by atoms with van der Waals surface area (Å²) < 4.78 is 32.5. The minimum Gasteiger partial charge on any atom is -0.394 e. The number of hydrogen-bond acceptors (Lipinski definition) is 9. The SMILES string of the molecule is OCCOCCOCCOCCN(CCOCCOCCOCCO)Cc1ccccc1. The fourth-order valence-electron chi connectivity index (χ4n) is 2.71. The molecule has 0 aromatic heterocycles. The zero-order valence-corrected chi connectivity index (χ0v) is 19.2. The predicted octanol–water partition coefficient (Wildman–Crippen LogP) is 0.573. The Bertz CT molecular complexity index is 470. The van der Waals surface area contributed by atoms with Gasteiger partial charge < -0.3 is 38.6 Å². The van der Waals surface area contributed by atoms with E-state index >= 15 is 0 Å². The minimum absolute atomic E-state index is 0.0307. The van der Waals surface area contributed by atoms with E-state index in [1.54, 1.807) is 0 Å². The Morgan fingerprint density at radius 3 is 1.28 bits per heavy atom. The smallest absolute Gasteiger partial charge is 0.0701 e. The van der Waals surface area contributed by atoms with Gasteiger partial charge in [-0.1, -0.05) is 30.3 Å². The van der Waals surface area contributed by atoms with E-state index in [0.717, 1.165) is 19.6 Å². The van der Waals surface area contributed by atoms with Crippen LogP contribution >= 0.6 is 0 Å². The van der Waals surface area contributed by atoms with E-state index in [1.165, 1.54) is 5.56 Å². The molecule has 1 aromatic rings. The van der Waals surface area contributed by atoms with Crippen LogP contribution in [0.5, 0.6) is 0 Å². The third-order valence-corrected chi connectivity index (χ3v) is 4.31. The first kappa shape index (κ1) is 28.9. The van der Waals surface area contributed by atoms with Crippen LogP contribution in [-0.4, -0.2) is 121 Å². The first-order valence-electron chi connectivity index (χ1n) is 11.3. The molecule has 0 aliphatic rings. The highest BCUT2D eigenvalue weighted by Gasteiger charge is 2.06. The zero-order chi connectivity index (χ0) is 23.0. The highest BCUT2D eigenvalue weighted by Crippen LogP contribution is 2.04. The fourth-order valence-corrected chi connectivity index (χ4v) is 2.71. The maximum absolute atomic E-state index is 8.63. The van der Waals surface area contributed by atoms with Crippen molar-refractivity contribution in [1.29, 1.82) is 0 Å². The summed E-state index contributed by atoms with van der Waals surface area (Å²) in [5.74, 6) is 0. The van der Waals surface area contributed by atoms with E-state index in [1.807, 2.05) is 18.2 Å². The van der Waals surface area contributed by atoms with Gasteiger partial charge in [-0.25, -0.2) is 0 Å². The van der Waals surface area contributed by atoms with Gasteiger partial charge in [0, 0.05) is 19.6 Å². The summed E-state index contributed by atoms with van der Waals surface area (Å²) in [6.07, 6.45) is 0. The number of aliphatic hydroxyl groups excluding tert-OH is 2. The lowest BCUT2D eigenvalue weighted by molar-refractivity contribution is -0.00269. The third-order valence-electron chi connectivity index (χ3n) is 4.31. The van der Waals surface area contributed by atoms with Crippen molar-refractivity contribution in [3.63, 3.8) is 0 Å². The van der Waals surface area contributed by atoms with Crippen LogP contribution in [0.25, 0.3) is 0 Å². The number of aliphatic hydroxyl groups is 2. The molecule has 0 fully saturated rings. The molecule has 1 rings (SSSR count). The molecule has 0 aliphatic heterocycles. The number of benzene rings is 1.